The van der Waals surface area contributed by atoms with Gasteiger partial charge in [0.15, 0.2) is 11.5 Å². The summed E-state index contributed by atoms with van der Waals surface area (Å²) < 4.78 is 11.0. The molecule has 0 amide bonds. The Balaban J connectivity index is 1.90. The first-order chi connectivity index (χ1) is 9.22. The zero-order valence-corrected chi connectivity index (χ0v) is 11.5. The van der Waals surface area contributed by atoms with Gasteiger partial charge in [-0.15, -0.1) is 0 Å². The molecule has 19 heavy (non-hydrogen) atoms. The highest BCUT2D eigenvalue weighted by molar-refractivity contribution is 7.99. The molecule has 1 aliphatic rings. The van der Waals surface area contributed by atoms with Crippen LogP contribution in [0.2, 0.25) is 5.02 Å². The number of aromatic nitrogens is 1. The number of anilines is 1. The third kappa shape index (κ3) is 2.72. The molecule has 3 rings (SSSR count). The molecule has 0 aliphatic carbocycles. The van der Waals surface area contributed by atoms with E-state index in [-0.39, 0.29) is 0 Å². The number of benzene rings is 1. The molecule has 0 unspecified atom stereocenters. The normalized spacial score (nSPS) is 13.3. The van der Waals surface area contributed by atoms with E-state index in [1.54, 1.807) is 18.3 Å². The van der Waals surface area contributed by atoms with E-state index in [0.717, 1.165) is 15.7 Å². The molecule has 0 spiro atoms. The molecular formula is C13H11ClN2O2S. The summed E-state index contributed by atoms with van der Waals surface area (Å²) in [5.41, 5.74) is 6.66. The Hall–Kier alpha value is -1.59. The van der Waals surface area contributed by atoms with Gasteiger partial charge in [-0.2, -0.15) is 0 Å². The topological polar surface area (TPSA) is 57.4 Å². The summed E-state index contributed by atoms with van der Waals surface area (Å²) in [5, 5.41) is 1.44. The van der Waals surface area contributed by atoms with Gasteiger partial charge < -0.3 is 15.2 Å². The SMILES string of the molecule is Nc1cc2c(cc1Sc1ccc(Cl)cn1)OCCO2. The van der Waals surface area contributed by atoms with E-state index < -0.39 is 0 Å². The zero-order chi connectivity index (χ0) is 13.2. The fraction of sp³-hybridized carbons (Fsp3) is 0.154. The minimum Gasteiger partial charge on any atom is -0.486 e. The molecule has 1 aromatic carbocycles. The maximum Gasteiger partial charge on any atom is 0.163 e. The van der Waals surface area contributed by atoms with E-state index in [9.17, 15) is 0 Å². The van der Waals surface area contributed by atoms with Crippen molar-refractivity contribution in [2.24, 2.45) is 0 Å². The summed E-state index contributed by atoms with van der Waals surface area (Å²) in [6.45, 7) is 1.11. The van der Waals surface area contributed by atoms with E-state index in [4.69, 9.17) is 26.8 Å². The molecule has 2 heterocycles. The second-order valence-electron chi connectivity index (χ2n) is 3.95. The van der Waals surface area contributed by atoms with Gasteiger partial charge >= 0.3 is 0 Å². The average molecular weight is 295 g/mol. The minimum atomic E-state index is 0.553. The molecule has 0 saturated carbocycles. The Morgan fingerprint density at radius 3 is 2.58 bits per heavy atom. The third-order valence-electron chi connectivity index (χ3n) is 2.59. The van der Waals surface area contributed by atoms with Crippen LogP contribution in [0, 0.1) is 0 Å². The molecule has 0 saturated heterocycles. The van der Waals surface area contributed by atoms with E-state index in [1.165, 1.54) is 11.8 Å². The van der Waals surface area contributed by atoms with Crippen LogP contribution in [0.4, 0.5) is 5.69 Å². The van der Waals surface area contributed by atoms with Crippen LogP contribution >= 0.6 is 23.4 Å². The maximum atomic E-state index is 6.01. The van der Waals surface area contributed by atoms with Crippen molar-refractivity contribution in [3.05, 3.63) is 35.5 Å². The first kappa shape index (κ1) is 12.4. The monoisotopic (exact) mass is 294 g/mol. The van der Waals surface area contributed by atoms with Crippen molar-refractivity contribution >= 4 is 29.1 Å². The highest BCUT2D eigenvalue weighted by Crippen LogP contribution is 2.40. The van der Waals surface area contributed by atoms with Crippen molar-refractivity contribution in [2.45, 2.75) is 9.92 Å². The number of hydrogen-bond acceptors (Lipinski definition) is 5. The lowest BCUT2D eigenvalue weighted by Gasteiger charge is -2.19. The Morgan fingerprint density at radius 1 is 1.16 bits per heavy atom. The summed E-state index contributed by atoms with van der Waals surface area (Å²) in [5.74, 6) is 1.41. The summed E-state index contributed by atoms with van der Waals surface area (Å²) in [6, 6.07) is 7.31. The lowest BCUT2D eigenvalue weighted by atomic mass is 10.2. The highest BCUT2D eigenvalue weighted by atomic mass is 35.5. The smallest absolute Gasteiger partial charge is 0.163 e. The van der Waals surface area contributed by atoms with Gasteiger partial charge in [0.05, 0.1) is 5.02 Å². The molecular weight excluding hydrogens is 284 g/mol. The van der Waals surface area contributed by atoms with Crippen molar-refractivity contribution in [1.82, 2.24) is 4.98 Å². The third-order valence-corrected chi connectivity index (χ3v) is 3.84. The molecule has 1 aliphatic heterocycles. The molecule has 0 bridgehead atoms. The number of ether oxygens (including phenoxy) is 2. The van der Waals surface area contributed by atoms with Crippen LogP contribution in [0.3, 0.4) is 0 Å². The van der Waals surface area contributed by atoms with Crippen molar-refractivity contribution in [1.29, 1.82) is 0 Å². The standard InChI is InChI=1S/C13H11ClN2O2S/c14-8-1-2-13(16-7-8)19-12-6-11-10(5-9(12)15)17-3-4-18-11/h1-2,5-7H,3-4,15H2. The average Bonchev–Trinajstić information content (AvgIpc) is 2.42. The predicted molar refractivity (Wildman–Crippen MR) is 75.2 cm³/mol. The number of hydrogen-bond donors (Lipinski definition) is 1. The zero-order valence-electron chi connectivity index (χ0n) is 9.93. The van der Waals surface area contributed by atoms with Crippen molar-refractivity contribution in [2.75, 3.05) is 18.9 Å². The van der Waals surface area contributed by atoms with Crippen molar-refractivity contribution in [3.8, 4) is 11.5 Å². The van der Waals surface area contributed by atoms with E-state index >= 15 is 0 Å². The number of halogens is 1. The second kappa shape index (κ2) is 5.19. The van der Waals surface area contributed by atoms with Crippen LogP contribution in [-0.2, 0) is 0 Å². The molecule has 0 radical (unpaired) electrons. The van der Waals surface area contributed by atoms with Gasteiger partial charge in [0, 0.05) is 28.9 Å². The molecule has 2 N–H and O–H groups in total. The second-order valence-corrected chi connectivity index (χ2v) is 5.45. The number of nitrogen functional groups attached to an aromatic ring is 1. The Morgan fingerprint density at radius 2 is 1.89 bits per heavy atom. The molecule has 2 aromatic rings. The van der Waals surface area contributed by atoms with E-state index in [0.29, 0.717) is 29.7 Å². The molecule has 4 nitrogen and oxygen atoms in total. The van der Waals surface area contributed by atoms with Crippen LogP contribution in [0.25, 0.3) is 0 Å². The van der Waals surface area contributed by atoms with Gasteiger partial charge in [-0.05, 0) is 12.1 Å². The predicted octanol–water partition coefficient (Wildman–Crippen LogP) is 3.24. The Bertz CT molecular complexity index is 604. The fourth-order valence-corrected chi connectivity index (χ4v) is 2.63. The van der Waals surface area contributed by atoms with Gasteiger partial charge in [0.1, 0.15) is 18.2 Å². The lowest BCUT2D eigenvalue weighted by molar-refractivity contribution is 0.171. The van der Waals surface area contributed by atoms with Crippen LogP contribution in [0.1, 0.15) is 0 Å². The van der Waals surface area contributed by atoms with Crippen molar-refractivity contribution in [3.63, 3.8) is 0 Å². The molecule has 0 atom stereocenters. The number of nitrogens with zero attached hydrogens (tertiary/aromatic N) is 1. The van der Waals surface area contributed by atoms with Gasteiger partial charge in [-0.25, -0.2) is 4.98 Å². The van der Waals surface area contributed by atoms with Crippen LogP contribution < -0.4 is 15.2 Å². The summed E-state index contributed by atoms with van der Waals surface area (Å²) >= 11 is 7.27. The van der Waals surface area contributed by atoms with Crippen molar-refractivity contribution < 1.29 is 9.47 Å². The summed E-state index contributed by atoms with van der Waals surface area (Å²) in [6.07, 6.45) is 1.61. The van der Waals surface area contributed by atoms with E-state index in [1.807, 2.05) is 12.1 Å². The van der Waals surface area contributed by atoms with Gasteiger partial charge in [-0.3, -0.25) is 0 Å². The summed E-state index contributed by atoms with van der Waals surface area (Å²) in [4.78, 5) is 5.12. The summed E-state index contributed by atoms with van der Waals surface area (Å²) in [7, 11) is 0. The van der Waals surface area contributed by atoms with Crippen LogP contribution in [0.15, 0.2) is 40.4 Å². The number of fused-ring (bicyclic) bond motifs is 1. The fourth-order valence-electron chi connectivity index (χ4n) is 1.71. The Kier molecular flexibility index (Phi) is 3.40. The van der Waals surface area contributed by atoms with Crippen LogP contribution in [-0.4, -0.2) is 18.2 Å². The number of pyridine rings is 1. The van der Waals surface area contributed by atoms with Gasteiger partial charge in [0.2, 0.25) is 0 Å². The first-order valence-electron chi connectivity index (χ1n) is 5.71. The van der Waals surface area contributed by atoms with Gasteiger partial charge in [0.25, 0.3) is 0 Å². The largest absolute Gasteiger partial charge is 0.486 e. The number of rotatable bonds is 2. The van der Waals surface area contributed by atoms with E-state index in [2.05, 4.69) is 4.98 Å². The quantitative estimate of drug-likeness (QED) is 0.862. The molecule has 1 aromatic heterocycles. The minimum absolute atomic E-state index is 0.553. The molecule has 0 fully saturated rings. The lowest BCUT2D eigenvalue weighted by Crippen LogP contribution is -2.15. The van der Waals surface area contributed by atoms with Gasteiger partial charge in [-0.1, -0.05) is 23.4 Å². The maximum absolute atomic E-state index is 6.01. The highest BCUT2D eigenvalue weighted by Gasteiger charge is 2.15. The number of nitrogens with two attached hydrogens (primary N) is 1. The first-order valence-corrected chi connectivity index (χ1v) is 6.90. The molecule has 98 valence electrons. The van der Waals surface area contributed by atoms with Crippen LogP contribution in [0.5, 0.6) is 11.5 Å². The Labute approximate surface area is 119 Å². The molecule has 6 heteroatoms.